The molecule has 2 aromatic rings. The average Bonchev–Trinajstić information content (AvgIpc) is 3.37. The zero-order valence-electron chi connectivity index (χ0n) is 20.0. The number of hydrogen-bond acceptors (Lipinski definition) is 5. The number of rotatable bonds is 4. The summed E-state index contributed by atoms with van der Waals surface area (Å²) in [5.74, 6) is -1.63. The van der Waals surface area contributed by atoms with Gasteiger partial charge in [-0.15, -0.1) is 0 Å². The summed E-state index contributed by atoms with van der Waals surface area (Å²) in [5.41, 5.74) is 2.40. The Morgan fingerprint density at radius 2 is 1.78 bits per heavy atom. The molecule has 3 heterocycles. The highest BCUT2D eigenvalue weighted by atomic mass is 35.5. The normalized spacial score (nSPS) is 27.1. The fourth-order valence-electron chi connectivity index (χ4n) is 6.56. The summed E-state index contributed by atoms with van der Waals surface area (Å²) in [6.45, 7) is 0. The first-order valence-corrected chi connectivity index (χ1v) is 12.9. The summed E-state index contributed by atoms with van der Waals surface area (Å²) in [6, 6.07) is 11.6. The quantitative estimate of drug-likeness (QED) is 0.613. The lowest BCUT2D eigenvalue weighted by atomic mass is 9.84. The lowest BCUT2D eigenvalue weighted by Gasteiger charge is -2.37. The molecule has 2 aromatic carbocycles. The fraction of sp³-hybridized carbons (Fsp3) is 0.393. The fourth-order valence-corrected chi connectivity index (χ4v) is 6.74. The van der Waals surface area contributed by atoms with Gasteiger partial charge in [-0.2, -0.15) is 0 Å². The van der Waals surface area contributed by atoms with Crippen LogP contribution in [-0.4, -0.2) is 46.7 Å². The van der Waals surface area contributed by atoms with Crippen LogP contribution in [0, 0.1) is 11.8 Å². The van der Waals surface area contributed by atoms with Gasteiger partial charge in [0, 0.05) is 17.3 Å². The van der Waals surface area contributed by atoms with Crippen LogP contribution in [-0.2, 0) is 14.4 Å². The number of halogens is 1. The lowest BCUT2D eigenvalue weighted by molar-refractivity contribution is -0.146. The van der Waals surface area contributed by atoms with Crippen LogP contribution < -0.4 is 10.1 Å². The second kappa shape index (κ2) is 8.96. The standard InChI is InChI=1S/C28H28ClN3O4/c1-36-21-12-11-17(29)15-20(21)30-26(33)25-23-22(24-19-10-6-5-7-16(19)13-14-31(24)25)27(34)32(28(23)35)18-8-3-2-4-9-18/h5-7,10-15,18,22-25H,2-4,8-9H2,1H3,(H,30,33)/t22-,23-,24+,25+/m1/s1. The molecule has 8 heteroatoms. The van der Waals surface area contributed by atoms with Gasteiger partial charge in [0.25, 0.3) is 0 Å². The second-order valence-electron chi connectivity index (χ2n) is 10.0. The van der Waals surface area contributed by atoms with E-state index in [1.165, 1.54) is 12.0 Å². The Morgan fingerprint density at radius 3 is 2.56 bits per heavy atom. The Kier molecular flexibility index (Phi) is 5.75. The van der Waals surface area contributed by atoms with Gasteiger partial charge in [-0.25, -0.2) is 0 Å². The van der Waals surface area contributed by atoms with E-state index in [1.807, 2.05) is 41.4 Å². The Hall–Kier alpha value is -3.32. The average molecular weight is 506 g/mol. The number of carbonyl (C=O) groups excluding carboxylic acids is 3. The van der Waals surface area contributed by atoms with Gasteiger partial charge in [-0.1, -0.05) is 55.1 Å². The summed E-state index contributed by atoms with van der Waals surface area (Å²) < 4.78 is 5.41. The maximum Gasteiger partial charge on any atom is 0.248 e. The number of imide groups is 1. The predicted octanol–water partition coefficient (Wildman–Crippen LogP) is 4.63. The third kappa shape index (κ3) is 3.52. The Labute approximate surface area is 215 Å². The molecule has 1 saturated carbocycles. The number of carbonyl (C=O) groups is 3. The first kappa shape index (κ1) is 23.1. The third-order valence-corrected chi connectivity index (χ3v) is 8.36. The van der Waals surface area contributed by atoms with Gasteiger partial charge in [-0.05, 0) is 48.2 Å². The van der Waals surface area contributed by atoms with Crippen LogP contribution in [0.4, 0.5) is 5.69 Å². The largest absolute Gasteiger partial charge is 0.495 e. The summed E-state index contributed by atoms with van der Waals surface area (Å²) in [7, 11) is 1.52. The van der Waals surface area contributed by atoms with Crippen molar-refractivity contribution in [2.24, 2.45) is 11.8 Å². The number of nitrogens with one attached hydrogen (secondary N) is 1. The van der Waals surface area contributed by atoms with Crippen molar-refractivity contribution in [2.45, 2.75) is 50.2 Å². The van der Waals surface area contributed by atoms with Gasteiger partial charge in [0.1, 0.15) is 11.8 Å². The van der Waals surface area contributed by atoms with Crippen molar-refractivity contribution < 1.29 is 19.1 Å². The first-order chi connectivity index (χ1) is 17.5. The van der Waals surface area contributed by atoms with E-state index in [-0.39, 0.29) is 29.8 Å². The molecule has 3 aliphatic heterocycles. The van der Waals surface area contributed by atoms with E-state index in [0.717, 1.165) is 43.2 Å². The summed E-state index contributed by atoms with van der Waals surface area (Å²) in [6.07, 6.45) is 8.61. The van der Waals surface area contributed by atoms with Crippen LogP contribution in [0.5, 0.6) is 5.75 Å². The number of likely N-dealkylation sites (tertiary alicyclic amines) is 1. The second-order valence-corrected chi connectivity index (χ2v) is 10.4. The van der Waals surface area contributed by atoms with E-state index in [0.29, 0.717) is 16.5 Å². The summed E-state index contributed by atoms with van der Waals surface area (Å²) in [4.78, 5) is 45.1. The lowest BCUT2D eigenvalue weighted by Crippen LogP contribution is -2.49. The SMILES string of the molecule is COc1ccc(Cl)cc1NC(=O)[C@@H]1[C@@H]2C(=O)N(C3CCCCC3)C(=O)[C@H]2[C@@H]2c3ccccc3C=CN12. The van der Waals surface area contributed by atoms with Crippen molar-refractivity contribution in [1.29, 1.82) is 0 Å². The molecule has 2 saturated heterocycles. The number of nitrogens with zero attached hydrogens (tertiary/aromatic N) is 2. The Bertz CT molecular complexity index is 1270. The Morgan fingerprint density at radius 1 is 1.03 bits per heavy atom. The topological polar surface area (TPSA) is 79.0 Å². The van der Waals surface area contributed by atoms with Crippen LogP contribution in [0.2, 0.25) is 5.02 Å². The molecule has 0 spiro atoms. The number of fused-ring (bicyclic) bond motifs is 5. The van der Waals surface area contributed by atoms with Crippen molar-refractivity contribution in [1.82, 2.24) is 9.80 Å². The van der Waals surface area contributed by atoms with Crippen molar-refractivity contribution in [3.63, 3.8) is 0 Å². The third-order valence-electron chi connectivity index (χ3n) is 8.12. The molecule has 7 nitrogen and oxygen atoms in total. The van der Waals surface area contributed by atoms with Crippen LogP contribution in [0.15, 0.2) is 48.7 Å². The van der Waals surface area contributed by atoms with Crippen LogP contribution >= 0.6 is 11.6 Å². The van der Waals surface area contributed by atoms with E-state index in [9.17, 15) is 14.4 Å². The molecule has 186 valence electrons. The highest BCUT2D eigenvalue weighted by Crippen LogP contribution is 2.53. The smallest absolute Gasteiger partial charge is 0.248 e. The van der Waals surface area contributed by atoms with Gasteiger partial charge < -0.3 is 15.0 Å². The summed E-state index contributed by atoms with van der Waals surface area (Å²) in [5, 5.41) is 3.39. The minimum absolute atomic E-state index is 0.0797. The van der Waals surface area contributed by atoms with Crippen LogP contribution in [0.25, 0.3) is 6.08 Å². The number of methoxy groups -OCH3 is 1. The number of anilines is 1. The van der Waals surface area contributed by atoms with E-state index in [1.54, 1.807) is 18.2 Å². The molecule has 4 atom stereocenters. The van der Waals surface area contributed by atoms with Crippen LogP contribution in [0.1, 0.15) is 49.3 Å². The van der Waals surface area contributed by atoms with Gasteiger partial charge in [-0.3, -0.25) is 19.3 Å². The zero-order valence-corrected chi connectivity index (χ0v) is 20.8. The highest BCUT2D eigenvalue weighted by molar-refractivity contribution is 6.31. The maximum atomic E-state index is 13.9. The first-order valence-electron chi connectivity index (χ1n) is 12.6. The zero-order chi connectivity index (χ0) is 25.0. The highest BCUT2D eigenvalue weighted by Gasteiger charge is 2.65. The molecule has 0 bridgehead atoms. The number of hydrogen-bond donors (Lipinski definition) is 1. The molecule has 0 unspecified atom stereocenters. The van der Waals surface area contributed by atoms with E-state index >= 15 is 0 Å². The van der Waals surface area contributed by atoms with Gasteiger partial charge >= 0.3 is 0 Å². The van der Waals surface area contributed by atoms with Crippen molar-refractivity contribution in [3.8, 4) is 5.75 Å². The molecule has 36 heavy (non-hydrogen) atoms. The maximum absolute atomic E-state index is 13.9. The van der Waals surface area contributed by atoms with Crippen molar-refractivity contribution >= 4 is 41.1 Å². The molecule has 4 aliphatic rings. The predicted molar refractivity (Wildman–Crippen MR) is 136 cm³/mol. The Balaban J connectivity index is 1.41. The molecule has 6 rings (SSSR count). The molecule has 3 amide bonds. The van der Waals surface area contributed by atoms with Gasteiger partial charge in [0.15, 0.2) is 0 Å². The van der Waals surface area contributed by atoms with E-state index < -0.39 is 17.9 Å². The molecule has 1 aliphatic carbocycles. The van der Waals surface area contributed by atoms with Gasteiger partial charge in [0.2, 0.25) is 17.7 Å². The number of benzene rings is 2. The van der Waals surface area contributed by atoms with E-state index in [4.69, 9.17) is 16.3 Å². The van der Waals surface area contributed by atoms with Crippen molar-refractivity contribution in [2.75, 3.05) is 12.4 Å². The number of amides is 3. The minimum Gasteiger partial charge on any atom is -0.495 e. The van der Waals surface area contributed by atoms with Crippen molar-refractivity contribution in [3.05, 3.63) is 64.8 Å². The summed E-state index contributed by atoms with van der Waals surface area (Å²) >= 11 is 6.19. The molecular formula is C28H28ClN3O4. The van der Waals surface area contributed by atoms with Crippen LogP contribution in [0.3, 0.4) is 0 Å². The molecule has 1 N–H and O–H groups in total. The van der Waals surface area contributed by atoms with Gasteiger partial charge in [0.05, 0.1) is 30.7 Å². The molecule has 3 fully saturated rings. The monoisotopic (exact) mass is 505 g/mol. The molecular weight excluding hydrogens is 478 g/mol. The minimum atomic E-state index is -0.835. The molecule has 0 radical (unpaired) electrons. The number of ether oxygens (including phenoxy) is 1. The molecule has 0 aromatic heterocycles. The van der Waals surface area contributed by atoms with E-state index in [2.05, 4.69) is 5.32 Å².